The molecule has 0 radical (unpaired) electrons. The lowest BCUT2D eigenvalue weighted by Crippen LogP contribution is -2.38. The van der Waals surface area contributed by atoms with Crippen molar-refractivity contribution in [1.29, 1.82) is 0 Å². The van der Waals surface area contributed by atoms with E-state index in [-0.39, 0.29) is 10.6 Å². The van der Waals surface area contributed by atoms with E-state index in [1.807, 2.05) is 26.0 Å². The van der Waals surface area contributed by atoms with Crippen LogP contribution in [0.25, 0.3) is 0 Å². The van der Waals surface area contributed by atoms with Gasteiger partial charge in [0.15, 0.2) is 0 Å². The minimum absolute atomic E-state index is 0.0198. The minimum atomic E-state index is -4.04. The van der Waals surface area contributed by atoms with Crippen molar-refractivity contribution in [3.8, 4) is 0 Å². The first-order valence-corrected chi connectivity index (χ1v) is 11.3. The molecule has 5 nitrogen and oxygen atoms in total. The largest absolute Gasteiger partial charge is 0.324 e. The summed E-state index contributed by atoms with van der Waals surface area (Å²) in [4.78, 5) is 12.8. The Morgan fingerprint density at radius 3 is 2.27 bits per heavy atom. The van der Waals surface area contributed by atoms with Gasteiger partial charge in [0.25, 0.3) is 10.0 Å². The molecule has 1 amide bonds. The number of nitrogens with zero attached hydrogens (tertiary/aromatic N) is 1. The quantitative estimate of drug-likeness (QED) is 0.529. The third-order valence-corrected chi connectivity index (χ3v) is 6.94. The fourth-order valence-electron chi connectivity index (χ4n) is 2.89. The van der Waals surface area contributed by atoms with Gasteiger partial charge in [-0.1, -0.05) is 41.4 Å². The van der Waals surface area contributed by atoms with Crippen molar-refractivity contribution < 1.29 is 13.2 Å². The topological polar surface area (TPSA) is 66.5 Å². The first kappa shape index (κ1) is 22.2. The van der Waals surface area contributed by atoms with Gasteiger partial charge in [0.2, 0.25) is 5.91 Å². The highest BCUT2D eigenvalue weighted by molar-refractivity contribution is 7.92. The molecule has 0 aromatic heterocycles. The van der Waals surface area contributed by atoms with Gasteiger partial charge in [0, 0.05) is 15.7 Å². The average molecular weight is 463 g/mol. The molecule has 1 N–H and O–H groups in total. The van der Waals surface area contributed by atoms with Crippen molar-refractivity contribution >= 4 is 50.5 Å². The molecular formula is C22H20Cl2N2O3S. The number of hydrogen-bond acceptors (Lipinski definition) is 3. The van der Waals surface area contributed by atoms with E-state index < -0.39 is 22.5 Å². The van der Waals surface area contributed by atoms with Crippen LogP contribution in [-0.2, 0) is 14.8 Å². The Bertz CT molecular complexity index is 1180. The number of hydrogen-bond donors (Lipinski definition) is 1. The average Bonchev–Trinajstić information content (AvgIpc) is 2.70. The van der Waals surface area contributed by atoms with Crippen LogP contribution in [0.2, 0.25) is 10.0 Å². The summed E-state index contributed by atoms with van der Waals surface area (Å²) in [6, 6.07) is 17.7. The number of benzene rings is 3. The van der Waals surface area contributed by atoms with Crippen molar-refractivity contribution in [2.45, 2.75) is 18.7 Å². The van der Waals surface area contributed by atoms with Crippen LogP contribution < -0.4 is 9.62 Å². The molecule has 0 saturated heterocycles. The van der Waals surface area contributed by atoms with Gasteiger partial charge in [-0.15, -0.1) is 0 Å². The predicted molar refractivity (Wildman–Crippen MR) is 122 cm³/mol. The van der Waals surface area contributed by atoms with Gasteiger partial charge >= 0.3 is 0 Å². The molecule has 0 aliphatic carbocycles. The maximum atomic E-state index is 13.3. The normalized spacial score (nSPS) is 11.2. The summed E-state index contributed by atoms with van der Waals surface area (Å²) in [6.45, 7) is 3.41. The fourth-order valence-corrected chi connectivity index (χ4v) is 4.61. The zero-order chi connectivity index (χ0) is 21.9. The Morgan fingerprint density at radius 1 is 0.933 bits per heavy atom. The van der Waals surface area contributed by atoms with Crippen molar-refractivity contribution in [3.05, 3.63) is 87.9 Å². The van der Waals surface area contributed by atoms with Gasteiger partial charge in [-0.25, -0.2) is 8.42 Å². The molecule has 0 unspecified atom stereocenters. The predicted octanol–water partition coefficient (Wildman–Crippen LogP) is 5.44. The second-order valence-electron chi connectivity index (χ2n) is 6.74. The van der Waals surface area contributed by atoms with Crippen LogP contribution in [0.4, 0.5) is 11.4 Å². The van der Waals surface area contributed by atoms with E-state index in [9.17, 15) is 13.2 Å². The Morgan fingerprint density at radius 2 is 1.60 bits per heavy atom. The smallest absolute Gasteiger partial charge is 0.264 e. The van der Waals surface area contributed by atoms with E-state index >= 15 is 0 Å². The summed E-state index contributed by atoms with van der Waals surface area (Å²) < 4.78 is 27.7. The molecule has 3 aromatic rings. The standard InChI is InChI=1S/C22H20Cl2N2O3S/c1-15-5-3-8-21(16(15)2)25-22(27)14-26(19-7-4-6-18(24)13-19)30(28,29)20-11-9-17(23)10-12-20/h3-13H,14H2,1-2H3,(H,25,27). The Kier molecular flexibility index (Phi) is 6.71. The molecule has 3 rings (SSSR count). The monoisotopic (exact) mass is 462 g/mol. The summed E-state index contributed by atoms with van der Waals surface area (Å²) >= 11 is 12.0. The maximum Gasteiger partial charge on any atom is 0.264 e. The van der Waals surface area contributed by atoms with E-state index in [1.165, 1.54) is 30.3 Å². The summed E-state index contributed by atoms with van der Waals surface area (Å²) in [5, 5.41) is 3.57. The summed E-state index contributed by atoms with van der Waals surface area (Å²) in [6.07, 6.45) is 0. The van der Waals surface area contributed by atoms with Crippen LogP contribution in [0.5, 0.6) is 0 Å². The number of nitrogens with one attached hydrogen (secondary N) is 1. The number of anilines is 2. The molecule has 30 heavy (non-hydrogen) atoms. The summed E-state index contributed by atoms with van der Waals surface area (Å²) in [7, 11) is -4.04. The molecule has 3 aromatic carbocycles. The van der Waals surface area contributed by atoms with Crippen molar-refractivity contribution in [2.24, 2.45) is 0 Å². The molecule has 0 heterocycles. The van der Waals surface area contributed by atoms with E-state index in [1.54, 1.807) is 24.3 Å². The van der Waals surface area contributed by atoms with Gasteiger partial charge in [-0.05, 0) is 73.5 Å². The third kappa shape index (κ3) is 4.95. The SMILES string of the molecule is Cc1cccc(NC(=O)CN(c2cccc(Cl)c2)S(=O)(=O)c2ccc(Cl)cc2)c1C. The lowest BCUT2D eigenvalue weighted by molar-refractivity contribution is -0.114. The fraction of sp³-hybridized carbons (Fsp3) is 0.136. The van der Waals surface area contributed by atoms with Gasteiger partial charge in [-0.2, -0.15) is 0 Å². The van der Waals surface area contributed by atoms with Gasteiger partial charge in [0.1, 0.15) is 6.54 Å². The van der Waals surface area contributed by atoms with E-state index in [4.69, 9.17) is 23.2 Å². The van der Waals surface area contributed by atoms with Gasteiger partial charge < -0.3 is 5.32 Å². The van der Waals surface area contributed by atoms with Crippen molar-refractivity contribution in [2.75, 3.05) is 16.2 Å². The molecule has 0 spiro atoms. The molecule has 8 heteroatoms. The second kappa shape index (κ2) is 9.08. The second-order valence-corrected chi connectivity index (χ2v) is 9.48. The number of carbonyl (C=O) groups excluding carboxylic acids is 1. The first-order chi connectivity index (χ1) is 14.2. The van der Waals surface area contributed by atoms with Crippen molar-refractivity contribution in [1.82, 2.24) is 0 Å². The number of carbonyl (C=O) groups is 1. The van der Waals surface area contributed by atoms with Gasteiger partial charge in [0.05, 0.1) is 10.6 Å². The highest BCUT2D eigenvalue weighted by Gasteiger charge is 2.27. The molecule has 0 bridgehead atoms. The van der Waals surface area contributed by atoms with Crippen LogP contribution in [0.3, 0.4) is 0 Å². The molecule has 0 atom stereocenters. The Hall–Kier alpha value is -2.54. The minimum Gasteiger partial charge on any atom is -0.324 e. The number of sulfonamides is 1. The van der Waals surface area contributed by atoms with Crippen LogP contribution in [-0.4, -0.2) is 20.9 Å². The Balaban J connectivity index is 1.97. The number of aryl methyl sites for hydroxylation is 1. The van der Waals surface area contributed by atoms with E-state index in [0.29, 0.717) is 15.7 Å². The van der Waals surface area contributed by atoms with E-state index in [0.717, 1.165) is 15.4 Å². The van der Waals surface area contributed by atoms with Crippen LogP contribution in [0, 0.1) is 13.8 Å². The number of rotatable bonds is 6. The molecule has 0 saturated carbocycles. The molecule has 0 fully saturated rings. The zero-order valence-electron chi connectivity index (χ0n) is 16.4. The van der Waals surface area contributed by atoms with Crippen molar-refractivity contribution in [3.63, 3.8) is 0 Å². The molecule has 156 valence electrons. The van der Waals surface area contributed by atoms with Gasteiger partial charge in [-0.3, -0.25) is 9.10 Å². The van der Waals surface area contributed by atoms with Crippen LogP contribution >= 0.6 is 23.2 Å². The summed E-state index contributed by atoms with van der Waals surface area (Å²) in [5.41, 5.74) is 2.86. The highest BCUT2D eigenvalue weighted by atomic mass is 35.5. The highest BCUT2D eigenvalue weighted by Crippen LogP contribution is 2.27. The Labute approximate surface area is 186 Å². The molecular weight excluding hydrogens is 443 g/mol. The molecule has 0 aliphatic rings. The van der Waals surface area contributed by atoms with Crippen LogP contribution in [0.15, 0.2) is 71.6 Å². The maximum absolute atomic E-state index is 13.3. The number of amides is 1. The third-order valence-electron chi connectivity index (χ3n) is 4.66. The summed E-state index contributed by atoms with van der Waals surface area (Å²) in [5.74, 6) is -0.471. The van der Waals surface area contributed by atoms with Crippen LogP contribution in [0.1, 0.15) is 11.1 Å². The lowest BCUT2D eigenvalue weighted by Gasteiger charge is -2.24. The first-order valence-electron chi connectivity index (χ1n) is 9.08. The number of halogens is 2. The zero-order valence-corrected chi connectivity index (χ0v) is 18.7. The van der Waals surface area contributed by atoms with E-state index in [2.05, 4.69) is 5.32 Å². The molecule has 0 aliphatic heterocycles. The lowest BCUT2D eigenvalue weighted by atomic mass is 10.1.